The number of rotatable bonds is 10. The van der Waals surface area contributed by atoms with Gasteiger partial charge < -0.3 is 20.1 Å². The van der Waals surface area contributed by atoms with Gasteiger partial charge in [-0.1, -0.05) is 0 Å². The second-order valence-corrected chi connectivity index (χ2v) is 6.07. The number of nitrogens with zero attached hydrogens (tertiary/aromatic N) is 1. The molecule has 0 unspecified atom stereocenters. The average Bonchev–Trinajstić information content (AvgIpc) is 3.01. The van der Waals surface area contributed by atoms with E-state index in [1.165, 1.54) is 30.2 Å². The number of imide groups is 1. The normalized spacial score (nSPS) is 13.6. The number of halogens is 2. The Bertz CT molecular complexity index is 771. The molecule has 29 heavy (non-hydrogen) atoms. The summed E-state index contributed by atoms with van der Waals surface area (Å²) in [6.45, 7) is -2.87. The summed E-state index contributed by atoms with van der Waals surface area (Å²) in [6.07, 6.45) is 0.842. The average molecular weight is 413 g/mol. The fraction of sp³-hybridized carbons (Fsp3) is 0.444. The van der Waals surface area contributed by atoms with Crippen LogP contribution in [0.2, 0.25) is 0 Å². The van der Waals surface area contributed by atoms with Gasteiger partial charge in [0.2, 0.25) is 17.7 Å². The van der Waals surface area contributed by atoms with Gasteiger partial charge in [0.15, 0.2) is 11.5 Å². The van der Waals surface area contributed by atoms with Gasteiger partial charge in [0.25, 0.3) is 5.91 Å². The third-order valence-corrected chi connectivity index (χ3v) is 4.09. The molecule has 1 aliphatic heterocycles. The number of hydrogen-bond donors (Lipinski definition) is 2. The Morgan fingerprint density at radius 3 is 2.45 bits per heavy atom. The summed E-state index contributed by atoms with van der Waals surface area (Å²) in [5, 5.41) is 4.96. The van der Waals surface area contributed by atoms with E-state index in [4.69, 9.17) is 4.74 Å². The molecule has 9 nitrogen and oxygen atoms in total. The number of methoxy groups -OCH3 is 1. The molecule has 2 rings (SSSR count). The van der Waals surface area contributed by atoms with Gasteiger partial charge in [-0.3, -0.25) is 24.1 Å². The van der Waals surface area contributed by atoms with Crippen LogP contribution in [0.15, 0.2) is 18.2 Å². The fourth-order valence-electron chi connectivity index (χ4n) is 2.66. The van der Waals surface area contributed by atoms with Gasteiger partial charge in [-0.25, -0.2) is 0 Å². The van der Waals surface area contributed by atoms with Crippen LogP contribution in [0.3, 0.4) is 0 Å². The molecule has 0 aliphatic carbocycles. The van der Waals surface area contributed by atoms with Crippen LogP contribution in [0.25, 0.3) is 0 Å². The van der Waals surface area contributed by atoms with Crippen LogP contribution in [0, 0.1) is 0 Å². The molecule has 158 valence electrons. The topological polar surface area (TPSA) is 114 Å². The summed E-state index contributed by atoms with van der Waals surface area (Å²) in [5.41, 5.74) is 0.0994. The summed E-state index contributed by atoms with van der Waals surface area (Å²) in [4.78, 5) is 48.0. The maximum absolute atomic E-state index is 12.3. The van der Waals surface area contributed by atoms with Gasteiger partial charge in [-0.2, -0.15) is 8.78 Å². The van der Waals surface area contributed by atoms with E-state index < -0.39 is 18.4 Å². The van der Waals surface area contributed by atoms with Gasteiger partial charge in [-0.15, -0.1) is 0 Å². The molecule has 4 amide bonds. The van der Waals surface area contributed by atoms with Crippen LogP contribution in [0.1, 0.15) is 29.6 Å². The standard InChI is InChI=1S/C18H21F2N3O6/c1-28-13-9-11(3-4-12(13)29-18(19)20)17(27)22-10-14(24)21-7-2-8-23-15(25)5-6-16(23)26/h3-4,9,18H,2,5-8,10H2,1H3,(H,21,24)(H,22,27). The largest absolute Gasteiger partial charge is 0.493 e. The summed E-state index contributed by atoms with van der Waals surface area (Å²) in [5.74, 6) is -1.75. The molecule has 0 spiro atoms. The lowest BCUT2D eigenvalue weighted by atomic mass is 10.2. The van der Waals surface area contributed by atoms with E-state index in [9.17, 15) is 28.0 Å². The van der Waals surface area contributed by atoms with E-state index >= 15 is 0 Å². The number of alkyl halides is 2. The van der Waals surface area contributed by atoms with E-state index in [2.05, 4.69) is 15.4 Å². The summed E-state index contributed by atoms with van der Waals surface area (Å²) >= 11 is 0. The molecule has 2 N–H and O–H groups in total. The Hall–Kier alpha value is -3.24. The zero-order chi connectivity index (χ0) is 21.4. The molecule has 0 atom stereocenters. The summed E-state index contributed by atoms with van der Waals surface area (Å²) < 4.78 is 33.8. The van der Waals surface area contributed by atoms with Crippen molar-refractivity contribution in [1.82, 2.24) is 15.5 Å². The summed E-state index contributed by atoms with van der Waals surface area (Å²) in [7, 11) is 1.24. The Morgan fingerprint density at radius 1 is 1.14 bits per heavy atom. The first kappa shape index (κ1) is 22.1. The van der Waals surface area contributed by atoms with Crippen molar-refractivity contribution < 1.29 is 37.4 Å². The van der Waals surface area contributed by atoms with Gasteiger partial charge in [0, 0.05) is 31.5 Å². The Morgan fingerprint density at radius 2 is 1.83 bits per heavy atom. The Kier molecular flexibility index (Phi) is 7.87. The van der Waals surface area contributed by atoms with Gasteiger partial charge in [-0.05, 0) is 24.6 Å². The molecule has 1 heterocycles. The third kappa shape index (κ3) is 6.40. The minimum absolute atomic E-state index is 0.0478. The number of nitrogens with one attached hydrogen (secondary N) is 2. The number of carbonyl (C=O) groups excluding carboxylic acids is 4. The molecule has 1 aromatic carbocycles. The molecule has 0 aromatic heterocycles. The van der Waals surface area contributed by atoms with Gasteiger partial charge >= 0.3 is 6.61 Å². The monoisotopic (exact) mass is 413 g/mol. The summed E-state index contributed by atoms with van der Waals surface area (Å²) in [6, 6.07) is 3.65. The highest BCUT2D eigenvalue weighted by Crippen LogP contribution is 2.29. The molecule has 0 bridgehead atoms. The lowest BCUT2D eigenvalue weighted by Crippen LogP contribution is -2.38. The van der Waals surface area contributed by atoms with Crippen LogP contribution in [-0.4, -0.2) is 61.9 Å². The number of benzene rings is 1. The van der Waals surface area contributed by atoms with Crippen molar-refractivity contribution in [2.24, 2.45) is 0 Å². The molecule has 0 radical (unpaired) electrons. The zero-order valence-electron chi connectivity index (χ0n) is 15.7. The Labute approximate surface area is 165 Å². The first-order chi connectivity index (χ1) is 13.8. The molecular formula is C18H21F2N3O6. The van der Waals surface area contributed by atoms with Gasteiger partial charge in [0.1, 0.15) is 0 Å². The maximum Gasteiger partial charge on any atom is 0.387 e. The highest BCUT2D eigenvalue weighted by Gasteiger charge is 2.27. The van der Waals surface area contributed by atoms with E-state index in [1.54, 1.807) is 0 Å². The molecular weight excluding hydrogens is 392 g/mol. The first-order valence-electron chi connectivity index (χ1n) is 8.82. The molecule has 0 saturated carbocycles. The quantitative estimate of drug-likeness (QED) is 0.431. The zero-order valence-corrected chi connectivity index (χ0v) is 15.7. The van der Waals surface area contributed by atoms with Crippen molar-refractivity contribution in [3.8, 4) is 11.5 Å². The van der Waals surface area contributed by atoms with E-state index in [0.29, 0.717) is 6.42 Å². The second kappa shape index (κ2) is 10.3. The van der Waals surface area contributed by atoms with Crippen LogP contribution in [0.4, 0.5) is 8.78 Å². The fourth-order valence-corrected chi connectivity index (χ4v) is 2.66. The minimum atomic E-state index is -3.03. The smallest absolute Gasteiger partial charge is 0.387 e. The predicted molar refractivity (Wildman–Crippen MR) is 95.5 cm³/mol. The number of likely N-dealkylation sites (tertiary alicyclic amines) is 1. The predicted octanol–water partition coefficient (Wildman–Crippen LogP) is 0.682. The van der Waals surface area contributed by atoms with Crippen LogP contribution >= 0.6 is 0 Å². The number of ether oxygens (including phenoxy) is 2. The number of hydrogen-bond acceptors (Lipinski definition) is 6. The molecule has 1 saturated heterocycles. The van der Waals surface area contributed by atoms with Crippen molar-refractivity contribution in [1.29, 1.82) is 0 Å². The van der Waals surface area contributed by atoms with Crippen LogP contribution in [-0.2, 0) is 14.4 Å². The van der Waals surface area contributed by atoms with Crippen molar-refractivity contribution in [3.05, 3.63) is 23.8 Å². The van der Waals surface area contributed by atoms with E-state index in [-0.39, 0.29) is 61.4 Å². The van der Waals surface area contributed by atoms with Crippen molar-refractivity contribution >= 4 is 23.6 Å². The van der Waals surface area contributed by atoms with Crippen LogP contribution < -0.4 is 20.1 Å². The lowest BCUT2D eigenvalue weighted by Gasteiger charge is -2.14. The molecule has 1 aromatic rings. The molecule has 1 aliphatic rings. The highest BCUT2D eigenvalue weighted by molar-refractivity contribution is 6.01. The van der Waals surface area contributed by atoms with Gasteiger partial charge in [0.05, 0.1) is 13.7 Å². The van der Waals surface area contributed by atoms with E-state index in [1.807, 2.05) is 0 Å². The number of carbonyl (C=O) groups is 4. The Balaban J connectivity index is 1.74. The molecule has 1 fully saturated rings. The highest BCUT2D eigenvalue weighted by atomic mass is 19.3. The SMILES string of the molecule is COc1cc(C(=O)NCC(=O)NCCCN2C(=O)CCC2=O)ccc1OC(F)F. The third-order valence-electron chi connectivity index (χ3n) is 4.09. The first-order valence-corrected chi connectivity index (χ1v) is 8.82. The van der Waals surface area contributed by atoms with E-state index in [0.717, 1.165) is 0 Å². The maximum atomic E-state index is 12.3. The van der Waals surface area contributed by atoms with Crippen molar-refractivity contribution in [3.63, 3.8) is 0 Å². The van der Waals surface area contributed by atoms with Crippen molar-refractivity contribution in [2.75, 3.05) is 26.7 Å². The number of amides is 4. The van der Waals surface area contributed by atoms with Crippen LogP contribution in [0.5, 0.6) is 11.5 Å². The van der Waals surface area contributed by atoms with Crippen molar-refractivity contribution in [2.45, 2.75) is 25.9 Å². The molecule has 11 heteroatoms. The second-order valence-electron chi connectivity index (χ2n) is 6.07. The minimum Gasteiger partial charge on any atom is -0.493 e. The lowest BCUT2D eigenvalue weighted by molar-refractivity contribution is -0.138.